The fourth-order valence-corrected chi connectivity index (χ4v) is 3.48. The third-order valence-electron chi connectivity index (χ3n) is 4.76. The summed E-state index contributed by atoms with van der Waals surface area (Å²) in [5, 5.41) is 5.06. The van der Waals surface area contributed by atoms with Gasteiger partial charge < -0.3 is 9.73 Å². The molecule has 0 radical (unpaired) electrons. The second-order valence-electron chi connectivity index (χ2n) is 6.10. The molecular weight excluding hydrogens is 246 g/mol. The van der Waals surface area contributed by atoms with Crippen LogP contribution in [0.5, 0.6) is 0 Å². The average Bonchev–Trinajstić information content (AvgIpc) is 2.84. The maximum atomic E-state index is 5.98. The normalized spacial score (nSPS) is 23.3. The third-order valence-corrected chi connectivity index (χ3v) is 4.76. The van der Waals surface area contributed by atoms with Crippen molar-refractivity contribution >= 4 is 11.0 Å². The van der Waals surface area contributed by atoms with Crippen LogP contribution in [0.25, 0.3) is 11.0 Å². The third kappa shape index (κ3) is 2.62. The van der Waals surface area contributed by atoms with Crippen LogP contribution in [0, 0.1) is 5.92 Å². The largest absolute Gasteiger partial charge is 0.461 e. The number of furan rings is 1. The quantitative estimate of drug-likeness (QED) is 0.874. The molecule has 1 aromatic carbocycles. The van der Waals surface area contributed by atoms with E-state index in [0.29, 0.717) is 6.04 Å². The van der Waals surface area contributed by atoms with E-state index >= 15 is 0 Å². The Hall–Kier alpha value is -1.28. The first-order chi connectivity index (χ1) is 9.79. The summed E-state index contributed by atoms with van der Waals surface area (Å²) in [7, 11) is 0. The van der Waals surface area contributed by atoms with Crippen molar-refractivity contribution in [2.24, 2.45) is 5.92 Å². The van der Waals surface area contributed by atoms with E-state index in [2.05, 4.69) is 37.4 Å². The summed E-state index contributed by atoms with van der Waals surface area (Å²) >= 11 is 0. The number of hydrogen-bond donors (Lipinski definition) is 1. The van der Waals surface area contributed by atoms with Gasteiger partial charge in [-0.3, -0.25) is 0 Å². The molecule has 20 heavy (non-hydrogen) atoms. The molecule has 2 nitrogen and oxygen atoms in total. The van der Waals surface area contributed by atoms with E-state index in [4.69, 9.17) is 4.42 Å². The standard InChI is InChI=1S/C18H25NO/c1-3-17-15(14-9-5-7-11-18(14)20-17)12-19-16-10-6-4-8-13(16)2/h5,7,9,11,13,16,19H,3-4,6,8,10,12H2,1-2H3. The molecule has 1 saturated carbocycles. The van der Waals surface area contributed by atoms with Crippen molar-refractivity contribution in [2.45, 2.75) is 58.5 Å². The van der Waals surface area contributed by atoms with E-state index in [1.807, 2.05) is 6.07 Å². The lowest BCUT2D eigenvalue weighted by molar-refractivity contribution is 0.279. The molecule has 0 spiro atoms. The van der Waals surface area contributed by atoms with Crippen molar-refractivity contribution in [1.82, 2.24) is 5.32 Å². The Morgan fingerprint density at radius 1 is 1.20 bits per heavy atom. The van der Waals surface area contributed by atoms with Gasteiger partial charge in [0.2, 0.25) is 0 Å². The van der Waals surface area contributed by atoms with Crippen LogP contribution in [-0.2, 0) is 13.0 Å². The number of benzene rings is 1. The summed E-state index contributed by atoms with van der Waals surface area (Å²) in [4.78, 5) is 0. The first-order valence-electron chi connectivity index (χ1n) is 8.02. The van der Waals surface area contributed by atoms with Crippen LogP contribution in [0.2, 0.25) is 0 Å². The minimum atomic E-state index is 0.669. The van der Waals surface area contributed by atoms with Crippen LogP contribution in [0.4, 0.5) is 0 Å². The van der Waals surface area contributed by atoms with Gasteiger partial charge in [-0.15, -0.1) is 0 Å². The van der Waals surface area contributed by atoms with E-state index in [1.54, 1.807) is 0 Å². The molecule has 1 aliphatic carbocycles. The highest BCUT2D eigenvalue weighted by Gasteiger charge is 2.21. The monoisotopic (exact) mass is 271 g/mol. The summed E-state index contributed by atoms with van der Waals surface area (Å²) in [5.74, 6) is 1.94. The molecule has 0 aliphatic heterocycles. The zero-order chi connectivity index (χ0) is 13.9. The minimum absolute atomic E-state index is 0.669. The van der Waals surface area contributed by atoms with Crippen molar-refractivity contribution in [2.75, 3.05) is 0 Å². The Labute approximate surface area is 121 Å². The molecule has 1 fully saturated rings. The smallest absolute Gasteiger partial charge is 0.134 e. The molecule has 1 N–H and O–H groups in total. The highest BCUT2D eigenvalue weighted by Crippen LogP contribution is 2.28. The molecule has 1 aliphatic rings. The van der Waals surface area contributed by atoms with Crippen molar-refractivity contribution < 1.29 is 4.42 Å². The number of aryl methyl sites for hydroxylation is 1. The Balaban J connectivity index is 1.79. The van der Waals surface area contributed by atoms with Gasteiger partial charge in [-0.25, -0.2) is 0 Å². The first kappa shape index (κ1) is 13.7. The molecule has 1 aromatic heterocycles. The lowest BCUT2D eigenvalue weighted by Crippen LogP contribution is -2.36. The molecule has 108 valence electrons. The number of fused-ring (bicyclic) bond motifs is 1. The van der Waals surface area contributed by atoms with Crippen LogP contribution < -0.4 is 5.32 Å². The van der Waals surface area contributed by atoms with E-state index in [9.17, 15) is 0 Å². The second kappa shape index (κ2) is 6.01. The van der Waals surface area contributed by atoms with Crippen LogP contribution in [0.1, 0.15) is 50.9 Å². The topological polar surface area (TPSA) is 25.2 Å². The summed E-state index contributed by atoms with van der Waals surface area (Å²) in [5.41, 5.74) is 2.39. The molecular formula is C18H25NO. The SMILES string of the molecule is CCc1oc2ccccc2c1CNC1CCCCC1C. The Morgan fingerprint density at radius 2 is 2.00 bits per heavy atom. The van der Waals surface area contributed by atoms with Crippen LogP contribution in [0.15, 0.2) is 28.7 Å². The average molecular weight is 271 g/mol. The lowest BCUT2D eigenvalue weighted by atomic mass is 9.86. The zero-order valence-electron chi connectivity index (χ0n) is 12.6. The predicted molar refractivity (Wildman–Crippen MR) is 83.9 cm³/mol. The van der Waals surface area contributed by atoms with Gasteiger partial charge in [0.05, 0.1) is 0 Å². The summed E-state index contributed by atoms with van der Waals surface area (Å²) < 4.78 is 5.98. The van der Waals surface area contributed by atoms with Crippen LogP contribution in [0.3, 0.4) is 0 Å². The Kier molecular flexibility index (Phi) is 4.11. The maximum Gasteiger partial charge on any atom is 0.134 e. The van der Waals surface area contributed by atoms with Gasteiger partial charge in [-0.1, -0.05) is 44.9 Å². The minimum Gasteiger partial charge on any atom is -0.461 e. The second-order valence-corrected chi connectivity index (χ2v) is 6.10. The van der Waals surface area contributed by atoms with E-state index < -0.39 is 0 Å². The molecule has 2 heteroatoms. The number of hydrogen-bond acceptors (Lipinski definition) is 2. The van der Waals surface area contributed by atoms with Gasteiger partial charge in [0.25, 0.3) is 0 Å². The van der Waals surface area contributed by atoms with Crippen molar-refractivity contribution in [1.29, 1.82) is 0 Å². The maximum absolute atomic E-state index is 5.98. The fourth-order valence-electron chi connectivity index (χ4n) is 3.48. The molecule has 3 rings (SSSR count). The molecule has 2 unspecified atom stereocenters. The van der Waals surface area contributed by atoms with Gasteiger partial charge in [-0.05, 0) is 24.8 Å². The molecule has 1 heterocycles. The van der Waals surface area contributed by atoms with Gasteiger partial charge in [0, 0.05) is 30.0 Å². The number of rotatable bonds is 4. The highest BCUT2D eigenvalue weighted by atomic mass is 16.3. The van der Waals surface area contributed by atoms with E-state index in [1.165, 1.54) is 36.6 Å². The van der Waals surface area contributed by atoms with Crippen molar-refractivity contribution in [3.8, 4) is 0 Å². The summed E-state index contributed by atoms with van der Waals surface area (Å²) in [6, 6.07) is 9.07. The molecule has 0 saturated heterocycles. The van der Waals surface area contributed by atoms with Gasteiger partial charge in [0.15, 0.2) is 0 Å². The van der Waals surface area contributed by atoms with Gasteiger partial charge in [-0.2, -0.15) is 0 Å². The van der Waals surface area contributed by atoms with Gasteiger partial charge >= 0.3 is 0 Å². The summed E-state index contributed by atoms with van der Waals surface area (Å²) in [6.45, 7) is 5.49. The lowest BCUT2D eigenvalue weighted by Gasteiger charge is -2.29. The molecule has 0 amide bonds. The number of para-hydroxylation sites is 1. The Morgan fingerprint density at radius 3 is 2.80 bits per heavy atom. The predicted octanol–water partition coefficient (Wildman–Crippen LogP) is 4.66. The molecule has 0 bridgehead atoms. The fraction of sp³-hybridized carbons (Fsp3) is 0.556. The van der Waals surface area contributed by atoms with Crippen molar-refractivity contribution in [3.05, 3.63) is 35.6 Å². The van der Waals surface area contributed by atoms with Gasteiger partial charge in [0.1, 0.15) is 11.3 Å². The van der Waals surface area contributed by atoms with E-state index in [0.717, 1.165) is 30.2 Å². The van der Waals surface area contributed by atoms with E-state index in [-0.39, 0.29) is 0 Å². The Bertz CT molecular complexity index is 572. The van der Waals surface area contributed by atoms with Crippen LogP contribution >= 0.6 is 0 Å². The summed E-state index contributed by atoms with van der Waals surface area (Å²) in [6.07, 6.45) is 6.41. The molecule has 2 atom stereocenters. The molecule has 2 aromatic rings. The van der Waals surface area contributed by atoms with Crippen molar-refractivity contribution in [3.63, 3.8) is 0 Å². The zero-order valence-corrected chi connectivity index (χ0v) is 12.6. The van der Waals surface area contributed by atoms with Crippen LogP contribution in [-0.4, -0.2) is 6.04 Å². The first-order valence-corrected chi connectivity index (χ1v) is 8.02. The highest BCUT2D eigenvalue weighted by molar-refractivity contribution is 5.82. The number of nitrogens with one attached hydrogen (secondary N) is 1.